The normalized spacial score (nSPS) is 10.3. The smallest absolute Gasteiger partial charge is 0.150 e. The van der Waals surface area contributed by atoms with Crippen molar-refractivity contribution in [3.05, 3.63) is 87.3 Å². The van der Waals surface area contributed by atoms with E-state index in [4.69, 9.17) is 4.74 Å². The molecule has 4 rings (SSSR count). The Kier molecular flexibility index (Phi) is 6.07. The summed E-state index contributed by atoms with van der Waals surface area (Å²) in [4.78, 5) is 10.8. The van der Waals surface area contributed by atoms with E-state index >= 15 is 0 Å². The summed E-state index contributed by atoms with van der Waals surface area (Å²) in [5.74, 6) is 0.797. The van der Waals surface area contributed by atoms with Gasteiger partial charge in [-0.1, -0.05) is 80.4 Å². The highest BCUT2D eigenvalue weighted by Gasteiger charge is 2.04. The Balaban J connectivity index is 0.000000152. The number of aldehydes is 1. The monoisotopic (exact) mass is 470 g/mol. The molecule has 0 aliphatic rings. The van der Waals surface area contributed by atoms with Crippen LogP contribution in [-0.4, -0.2) is 13.4 Å². The van der Waals surface area contributed by atoms with E-state index in [0.717, 1.165) is 31.8 Å². The zero-order valence-electron chi connectivity index (χ0n) is 14.1. The molecule has 4 aromatic rings. The van der Waals surface area contributed by atoms with Gasteiger partial charge in [-0.2, -0.15) is 0 Å². The van der Waals surface area contributed by atoms with E-state index in [1.807, 2.05) is 54.6 Å². The Morgan fingerprint density at radius 1 is 0.692 bits per heavy atom. The first-order chi connectivity index (χ1) is 12.7. The predicted molar refractivity (Wildman–Crippen MR) is 115 cm³/mol. The third-order valence-electron chi connectivity index (χ3n) is 4.08. The van der Waals surface area contributed by atoms with Crippen LogP contribution in [-0.2, 0) is 0 Å². The topological polar surface area (TPSA) is 26.3 Å². The van der Waals surface area contributed by atoms with Crippen molar-refractivity contribution >= 4 is 59.7 Å². The van der Waals surface area contributed by atoms with Crippen LogP contribution in [0.5, 0.6) is 5.75 Å². The minimum Gasteiger partial charge on any atom is -0.496 e. The second kappa shape index (κ2) is 8.47. The molecule has 0 spiro atoms. The quantitative estimate of drug-likeness (QED) is 0.293. The summed E-state index contributed by atoms with van der Waals surface area (Å²) in [5, 5.41) is 4.39. The lowest BCUT2D eigenvalue weighted by Crippen LogP contribution is -1.88. The Hall–Kier alpha value is -2.17. The van der Waals surface area contributed by atoms with Crippen LogP contribution < -0.4 is 4.74 Å². The molecule has 0 N–H and O–H groups in total. The van der Waals surface area contributed by atoms with Crippen LogP contribution in [0.1, 0.15) is 10.4 Å². The average molecular weight is 472 g/mol. The van der Waals surface area contributed by atoms with Crippen LogP contribution >= 0.6 is 31.9 Å². The van der Waals surface area contributed by atoms with Crippen LogP contribution in [0, 0.1) is 0 Å². The van der Waals surface area contributed by atoms with Crippen molar-refractivity contribution in [3.63, 3.8) is 0 Å². The van der Waals surface area contributed by atoms with Crippen molar-refractivity contribution in [2.24, 2.45) is 0 Å². The minimum atomic E-state index is 0.696. The highest BCUT2D eigenvalue weighted by Crippen LogP contribution is 2.29. The molecule has 0 atom stereocenters. The van der Waals surface area contributed by atoms with Crippen molar-refractivity contribution in [1.29, 1.82) is 0 Å². The molecule has 0 aliphatic carbocycles. The van der Waals surface area contributed by atoms with Crippen LogP contribution in [0.25, 0.3) is 21.5 Å². The van der Waals surface area contributed by atoms with E-state index in [-0.39, 0.29) is 0 Å². The lowest BCUT2D eigenvalue weighted by atomic mass is 10.0. The zero-order chi connectivity index (χ0) is 18.5. The number of ether oxygens (including phenoxy) is 1. The van der Waals surface area contributed by atoms with Crippen LogP contribution in [0.4, 0.5) is 0 Å². The van der Waals surface area contributed by atoms with Crippen molar-refractivity contribution in [2.45, 2.75) is 0 Å². The Morgan fingerprint density at radius 2 is 1.19 bits per heavy atom. The summed E-state index contributed by atoms with van der Waals surface area (Å²) in [6.07, 6.45) is 0.863. The SMILES string of the molecule is Brc1ccc(Br)c2ccccc12.COc1ccc(C=O)c2ccccc12. The number of methoxy groups -OCH3 is 1. The Morgan fingerprint density at radius 3 is 1.69 bits per heavy atom. The maximum absolute atomic E-state index is 10.8. The van der Waals surface area contributed by atoms with E-state index in [9.17, 15) is 4.79 Å². The van der Waals surface area contributed by atoms with Gasteiger partial charge in [0, 0.05) is 19.9 Å². The summed E-state index contributed by atoms with van der Waals surface area (Å²) >= 11 is 7.02. The van der Waals surface area contributed by atoms with E-state index in [1.54, 1.807) is 13.2 Å². The first kappa shape index (κ1) is 18.6. The lowest BCUT2D eigenvalue weighted by molar-refractivity contribution is 0.112. The van der Waals surface area contributed by atoms with Gasteiger partial charge in [0.05, 0.1) is 7.11 Å². The molecule has 0 bridgehead atoms. The maximum Gasteiger partial charge on any atom is 0.150 e. The highest BCUT2D eigenvalue weighted by molar-refractivity contribution is 9.11. The number of hydrogen-bond donors (Lipinski definition) is 0. The van der Waals surface area contributed by atoms with E-state index in [2.05, 4.69) is 44.0 Å². The standard InChI is InChI=1S/C12H10O2.C10H6Br2/c1-14-12-7-6-9(8-13)10-4-2-3-5-11(10)12;11-9-5-6-10(12)8-4-2-1-3-7(8)9/h2-8H,1H3;1-6H. The van der Waals surface area contributed by atoms with Gasteiger partial charge >= 0.3 is 0 Å². The molecule has 26 heavy (non-hydrogen) atoms. The summed E-state index contributed by atoms with van der Waals surface area (Å²) in [6.45, 7) is 0. The number of fused-ring (bicyclic) bond motifs is 2. The van der Waals surface area contributed by atoms with Gasteiger partial charge in [-0.25, -0.2) is 0 Å². The van der Waals surface area contributed by atoms with Gasteiger partial charge in [0.25, 0.3) is 0 Å². The molecule has 0 fully saturated rings. The van der Waals surface area contributed by atoms with Gasteiger partial charge in [-0.15, -0.1) is 0 Å². The van der Waals surface area contributed by atoms with Gasteiger partial charge in [-0.3, -0.25) is 4.79 Å². The molecule has 0 aliphatic heterocycles. The van der Waals surface area contributed by atoms with Crippen LogP contribution in [0.2, 0.25) is 0 Å². The van der Waals surface area contributed by atoms with Crippen molar-refractivity contribution < 1.29 is 9.53 Å². The van der Waals surface area contributed by atoms with Gasteiger partial charge in [-0.05, 0) is 40.4 Å². The van der Waals surface area contributed by atoms with Gasteiger partial charge in [0.2, 0.25) is 0 Å². The average Bonchev–Trinajstić information content (AvgIpc) is 2.70. The zero-order valence-corrected chi connectivity index (χ0v) is 17.2. The molecule has 2 nitrogen and oxygen atoms in total. The van der Waals surface area contributed by atoms with Gasteiger partial charge in [0.1, 0.15) is 5.75 Å². The van der Waals surface area contributed by atoms with E-state index in [1.165, 1.54) is 10.8 Å². The molecule has 0 heterocycles. The third kappa shape index (κ3) is 3.81. The van der Waals surface area contributed by atoms with E-state index < -0.39 is 0 Å². The molecular weight excluding hydrogens is 456 g/mol. The lowest BCUT2D eigenvalue weighted by Gasteiger charge is -2.06. The maximum atomic E-state index is 10.8. The summed E-state index contributed by atoms with van der Waals surface area (Å²) < 4.78 is 7.49. The summed E-state index contributed by atoms with van der Waals surface area (Å²) in [6, 6.07) is 23.7. The summed E-state index contributed by atoms with van der Waals surface area (Å²) in [5.41, 5.74) is 0.696. The number of hydrogen-bond acceptors (Lipinski definition) is 2. The number of halogens is 2. The number of carbonyl (C=O) groups is 1. The molecule has 130 valence electrons. The Bertz CT molecular complexity index is 1030. The fourth-order valence-electron chi connectivity index (χ4n) is 2.80. The van der Waals surface area contributed by atoms with Gasteiger partial charge < -0.3 is 4.74 Å². The Labute approximate surface area is 169 Å². The molecular formula is C22H16Br2O2. The molecule has 4 heteroatoms. The number of carbonyl (C=O) groups excluding carboxylic acids is 1. The predicted octanol–water partition coefficient (Wildman–Crippen LogP) is 7.03. The van der Waals surface area contributed by atoms with Crippen molar-refractivity contribution in [2.75, 3.05) is 7.11 Å². The first-order valence-corrected chi connectivity index (χ1v) is 9.58. The second-order valence-electron chi connectivity index (χ2n) is 5.60. The fourth-order valence-corrected chi connectivity index (χ4v) is 3.76. The molecule has 0 saturated heterocycles. The van der Waals surface area contributed by atoms with E-state index in [0.29, 0.717) is 5.56 Å². The molecule has 0 saturated carbocycles. The highest BCUT2D eigenvalue weighted by atomic mass is 79.9. The molecule has 0 radical (unpaired) electrons. The van der Waals surface area contributed by atoms with Gasteiger partial charge in [0.15, 0.2) is 6.29 Å². The second-order valence-corrected chi connectivity index (χ2v) is 7.30. The molecule has 0 amide bonds. The first-order valence-electron chi connectivity index (χ1n) is 7.99. The largest absolute Gasteiger partial charge is 0.496 e. The molecule has 0 unspecified atom stereocenters. The van der Waals surface area contributed by atoms with Crippen molar-refractivity contribution in [3.8, 4) is 5.75 Å². The summed E-state index contributed by atoms with van der Waals surface area (Å²) in [7, 11) is 1.63. The van der Waals surface area contributed by atoms with Crippen LogP contribution in [0.15, 0.2) is 81.7 Å². The number of rotatable bonds is 2. The third-order valence-corrected chi connectivity index (χ3v) is 5.47. The minimum absolute atomic E-state index is 0.696. The van der Waals surface area contributed by atoms with Crippen molar-refractivity contribution in [1.82, 2.24) is 0 Å². The molecule has 0 aromatic heterocycles. The van der Waals surface area contributed by atoms with Crippen LogP contribution in [0.3, 0.4) is 0 Å². The fraction of sp³-hybridized carbons (Fsp3) is 0.0455. The molecule has 4 aromatic carbocycles. The number of benzene rings is 4.